The third kappa shape index (κ3) is 2.71. The lowest BCUT2D eigenvalue weighted by molar-refractivity contribution is -0.144. The Bertz CT molecular complexity index is 725. The lowest BCUT2D eigenvalue weighted by Crippen LogP contribution is -2.42. The number of aromatic hydroxyl groups is 1. The number of hydrogen-bond donors (Lipinski definition) is 2. The normalized spacial score (nSPS) is 29.4. The zero-order valence-corrected chi connectivity index (χ0v) is 13.7. The second kappa shape index (κ2) is 6.02. The highest BCUT2D eigenvalue weighted by Crippen LogP contribution is 2.52. The molecule has 6 heteroatoms. The van der Waals surface area contributed by atoms with Crippen LogP contribution in [0.25, 0.3) is 0 Å². The molecule has 3 aliphatic rings. The molecule has 4 atom stereocenters. The first-order valence-electron chi connectivity index (χ1n) is 8.63. The smallest absolute Gasteiger partial charge is 0.240 e. The van der Waals surface area contributed by atoms with Gasteiger partial charge >= 0.3 is 0 Å². The Morgan fingerprint density at radius 1 is 1.08 bits per heavy atom. The van der Waals surface area contributed by atoms with E-state index in [1.165, 1.54) is 0 Å². The molecule has 1 aliphatic heterocycles. The predicted octanol–water partition coefficient (Wildman–Crippen LogP) is 0.858. The molecule has 1 saturated heterocycles. The first-order valence-corrected chi connectivity index (χ1v) is 8.63. The van der Waals surface area contributed by atoms with Gasteiger partial charge in [0.05, 0.1) is 11.8 Å². The number of rotatable bonds is 5. The number of hydrogen-bond acceptors (Lipinski definition) is 4. The zero-order chi connectivity index (χ0) is 17.6. The average Bonchev–Trinajstić information content (AvgIpc) is 3.27. The van der Waals surface area contributed by atoms with E-state index in [9.17, 15) is 19.5 Å². The molecule has 2 aliphatic carbocycles. The Morgan fingerprint density at radius 3 is 2.28 bits per heavy atom. The topological polar surface area (TPSA) is 86.7 Å². The van der Waals surface area contributed by atoms with E-state index in [4.69, 9.17) is 0 Å². The molecular formula is C19H20N2O4. The van der Waals surface area contributed by atoms with Gasteiger partial charge in [0.1, 0.15) is 12.3 Å². The summed E-state index contributed by atoms with van der Waals surface area (Å²) in [4.78, 5) is 38.3. The number of phenolic OH excluding ortho intramolecular Hbond substituents is 1. The number of carbonyl (C=O) groups excluding carboxylic acids is 3. The minimum atomic E-state index is -0.319. The van der Waals surface area contributed by atoms with Gasteiger partial charge in [-0.1, -0.05) is 24.3 Å². The fourth-order valence-corrected chi connectivity index (χ4v) is 4.33. The number of allylic oxidation sites excluding steroid dienone is 2. The highest BCUT2D eigenvalue weighted by Gasteiger charge is 2.59. The number of phenols is 1. The highest BCUT2D eigenvalue weighted by molar-refractivity contribution is 6.08. The monoisotopic (exact) mass is 340 g/mol. The molecule has 2 fully saturated rings. The molecule has 4 rings (SSSR count). The molecule has 3 amide bonds. The quantitative estimate of drug-likeness (QED) is 0.615. The minimum Gasteiger partial charge on any atom is -0.508 e. The van der Waals surface area contributed by atoms with Crippen LogP contribution in [0.2, 0.25) is 0 Å². The van der Waals surface area contributed by atoms with Crippen LogP contribution in [0.1, 0.15) is 12.0 Å². The van der Waals surface area contributed by atoms with Crippen molar-refractivity contribution in [1.29, 1.82) is 0 Å². The van der Waals surface area contributed by atoms with Crippen LogP contribution in [-0.2, 0) is 20.8 Å². The van der Waals surface area contributed by atoms with Gasteiger partial charge < -0.3 is 10.4 Å². The Labute approximate surface area is 145 Å². The maximum Gasteiger partial charge on any atom is 0.240 e. The van der Waals surface area contributed by atoms with Gasteiger partial charge in [-0.2, -0.15) is 0 Å². The fourth-order valence-electron chi connectivity index (χ4n) is 4.33. The van der Waals surface area contributed by atoms with E-state index in [0.29, 0.717) is 13.0 Å². The van der Waals surface area contributed by atoms with E-state index >= 15 is 0 Å². The molecular weight excluding hydrogens is 320 g/mol. The van der Waals surface area contributed by atoms with E-state index < -0.39 is 0 Å². The van der Waals surface area contributed by atoms with Crippen LogP contribution in [0.3, 0.4) is 0 Å². The van der Waals surface area contributed by atoms with Gasteiger partial charge in [-0.15, -0.1) is 0 Å². The molecule has 1 heterocycles. The van der Waals surface area contributed by atoms with Crippen molar-refractivity contribution in [2.45, 2.75) is 12.8 Å². The highest BCUT2D eigenvalue weighted by atomic mass is 16.3. The van der Waals surface area contributed by atoms with Crippen molar-refractivity contribution >= 4 is 17.7 Å². The summed E-state index contributed by atoms with van der Waals surface area (Å²) in [5, 5.41) is 12.0. The SMILES string of the molecule is O=C(CN1C(=O)[C@@H]2[C@@H](C1=O)[C@H]1C=C[C@H]2C1)NCCc1ccc(O)cc1. The number of fused-ring (bicyclic) bond motifs is 5. The summed E-state index contributed by atoms with van der Waals surface area (Å²) in [6.45, 7) is 0.221. The molecule has 0 unspecified atom stereocenters. The van der Waals surface area contributed by atoms with E-state index in [2.05, 4.69) is 5.32 Å². The van der Waals surface area contributed by atoms with Gasteiger partial charge in [-0.25, -0.2) is 0 Å². The Hall–Kier alpha value is -2.63. The van der Waals surface area contributed by atoms with E-state index in [-0.39, 0.29) is 53.7 Å². The maximum absolute atomic E-state index is 12.5. The van der Waals surface area contributed by atoms with Crippen molar-refractivity contribution < 1.29 is 19.5 Å². The molecule has 1 aromatic carbocycles. The molecule has 2 N–H and O–H groups in total. The van der Waals surface area contributed by atoms with Gasteiger partial charge in [-0.05, 0) is 42.4 Å². The van der Waals surface area contributed by atoms with Crippen molar-refractivity contribution in [3.05, 3.63) is 42.0 Å². The van der Waals surface area contributed by atoms with Gasteiger partial charge in [0, 0.05) is 6.54 Å². The summed E-state index contributed by atoms with van der Waals surface area (Å²) in [7, 11) is 0. The zero-order valence-electron chi connectivity index (χ0n) is 13.7. The lowest BCUT2D eigenvalue weighted by Gasteiger charge is -2.16. The number of likely N-dealkylation sites (tertiary alicyclic amines) is 1. The van der Waals surface area contributed by atoms with Crippen LogP contribution in [0, 0.1) is 23.7 Å². The predicted molar refractivity (Wildman–Crippen MR) is 89.3 cm³/mol. The van der Waals surface area contributed by atoms with Crippen molar-refractivity contribution in [2.75, 3.05) is 13.1 Å². The van der Waals surface area contributed by atoms with Gasteiger partial charge in [0.25, 0.3) is 0 Å². The first kappa shape index (κ1) is 15.9. The van der Waals surface area contributed by atoms with Crippen molar-refractivity contribution in [3.8, 4) is 5.75 Å². The molecule has 1 saturated carbocycles. The van der Waals surface area contributed by atoms with Crippen LogP contribution in [0.15, 0.2) is 36.4 Å². The summed E-state index contributed by atoms with van der Waals surface area (Å²) in [6, 6.07) is 6.78. The fraction of sp³-hybridized carbons (Fsp3) is 0.421. The Morgan fingerprint density at radius 2 is 1.68 bits per heavy atom. The van der Waals surface area contributed by atoms with Gasteiger partial charge in [0.15, 0.2) is 0 Å². The molecule has 1 aromatic rings. The van der Waals surface area contributed by atoms with Crippen LogP contribution in [0.5, 0.6) is 5.75 Å². The number of nitrogens with one attached hydrogen (secondary N) is 1. The molecule has 130 valence electrons. The molecule has 6 nitrogen and oxygen atoms in total. The van der Waals surface area contributed by atoms with Crippen molar-refractivity contribution in [2.24, 2.45) is 23.7 Å². The second-order valence-corrected chi connectivity index (χ2v) is 7.03. The lowest BCUT2D eigenvalue weighted by atomic mass is 9.85. The molecule has 0 radical (unpaired) electrons. The molecule has 2 bridgehead atoms. The van der Waals surface area contributed by atoms with E-state index in [1.54, 1.807) is 24.3 Å². The average molecular weight is 340 g/mol. The minimum absolute atomic E-state index is 0.161. The first-order chi connectivity index (χ1) is 12.0. The van der Waals surface area contributed by atoms with Crippen LogP contribution >= 0.6 is 0 Å². The van der Waals surface area contributed by atoms with Crippen LogP contribution in [-0.4, -0.2) is 40.8 Å². The van der Waals surface area contributed by atoms with E-state index in [0.717, 1.165) is 16.9 Å². The number of amides is 3. The second-order valence-electron chi connectivity index (χ2n) is 7.03. The van der Waals surface area contributed by atoms with Crippen LogP contribution < -0.4 is 5.32 Å². The Balaban J connectivity index is 1.30. The number of benzene rings is 1. The summed E-state index contributed by atoms with van der Waals surface area (Å²) < 4.78 is 0. The maximum atomic E-state index is 12.5. The van der Waals surface area contributed by atoms with Crippen molar-refractivity contribution in [1.82, 2.24) is 10.2 Å². The van der Waals surface area contributed by atoms with Gasteiger partial charge in [-0.3, -0.25) is 19.3 Å². The summed E-state index contributed by atoms with van der Waals surface area (Å²) in [5.41, 5.74) is 0.989. The number of carbonyl (C=O) groups is 3. The summed E-state index contributed by atoms with van der Waals surface area (Å²) >= 11 is 0. The third-order valence-electron chi connectivity index (χ3n) is 5.54. The molecule has 0 aromatic heterocycles. The van der Waals surface area contributed by atoms with Crippen LogP contribution in [0.4, 0.5) is 0 Å². The Kier molecular flexibility index (Phi) is 3.82. The summed E-state index contributed by atoms with van der Waals surface area (Å²) in [5.74, 6) is -0.697. The number of nitrogens with zero attached hydrogens (tertiary/aromatic N) is 1. The summed E-state index contributed by atoms with van der Waals surface area (Å²) in [6.07, 6.45) is 5.59. The molecule has 25 heavy (non-hydrogen) atoms. The third-order valence-corrected chi connectivity index (χ3v) is 5.54. The standard InChI is InChI=1S/C19H20N2O4/c22-14-5-1-11(2-6-14)7-8-20-15(23)10-21-18(24)16-12-3-4-13(9-12)17(16)19(21)25/h1-6,12-13,16-17,22H,7-10H2,(H,20,23)/t12-,13-,16-,17-/m0/s1. The van der Waals surface area contributed by atoms with Crippen molar-refractivity contribution in [3.63, 3.8) is 0 Å². The van der Waals surface area contributed by atoms with Gasteiger partial charge in [0.2, 0.25) is 17.7 Å². The largest absolute Gasteiger partial charge is 0.508 e. The molecule has 0 spiro atoms. The van der Waals surface area contributed by atoms with E-state index in [1.807, 2.05) is 12.2 Å². The number of imide groups is 1.